The second-order valence-electron chi connectivity index (χ2n) is 6.92. The summed E-state index contributed by atoms with van der Waals surface area (Å²) in [6.45, 7) is 2.17. The van der Waals surface area contributed by atoms with E-state index in [1.807, 2.05) is 0 Å². The average molecular weight is 472 g/mol. The third kappa shape index (κ3) is 5.12. The van der Waals surface area contributed by atoms with Gasteiger partial charge in [0.1, 0.15) is 4.90 Å². The van der Waals surface area contributed by atoms with Gasteiger partial charge in [0, 0.05) is 25.7 Å². The van der Waals surface area contributed by atoms with Gasteiger partial charge in [0.05, 0.1) is 15.6 Å². The summed E-state index contributed by atoms with van der Waals surface area (Å²) in [5.41, 5.74) is 0.545. The van der Waals surface area contributed by atoms with Gasteiger partial charge in [0.2, 0.25) is 15.9 Å². The molecule has 0 unspecified atom stereocenters. The molecule has 1 heterocycles. The molecule has 0 aliphatic carbocycles. The van der Waals surface area contributed by atoms with Gasteiger partial charge in [-0.3, -0.25) is 9.52 Å². The fraction of sp³-hybridized carbons (Fsp3) is 0.316. The molecule has 0 atom stereocenters. The van der Waals surface area contributed by atoms with Gasteiger partial charge in [-0.1, -0.05) is 18.0 Å². The summed E-state index contributed by atoms with van der Waals surface area (Å²) in [6, 6.07) is 9.60. The molecule has 2 aromatic carbocycles. The lowest BCUT2D eigenvalue weighted by molar-refractivity contribution is -0.114. The molecule has 1 amide bonds. The lowest BCUT2D eigenvalue weighted by atomic mass is 10.2. The van der Waals surface area contributed by atoms with Crippen LogP contribution in [0.15, 0.2) is 52.3 Å². The summed E-state index contributed by atoms with van der Waals surface area (Å²) in [6.07, 6.45) is 2.52. The van der Waals surface area contributed by atoms with E-state index in [2.05, 4.69) is 10.0 Å². The Balaban J connectivity index is 1.86. The number of rotatable bonds is 6. The van der Waals surface area contributed by atoms with Gasteiger partial charge in [-0.15, -0.1) is 0 Å². The zero-order valence-corrected chi connectivity index (χ0v) is 18.6. The molecule has 8 nitrogen and oxygen atoms in total. The van der Waals surface area contributed by atoms with Crippen molar-refractivity contribution in [3.8, 4) is 0 Å². The van der Waals surface area contributed by atoms with Crippen molar-refractivity contribution in [1.29, 1.82) is 0 Å². The molecule has 0 saturated carbocycles. The number of nitrogens with one attached hydrogen (secondary N) is 2. The van der Waals surface area contributed by atoms with E-state index >= 15 is 0 Å². The molecule has 1 aliphatic rings. The maximum absolute atomic E-state index is 13.0. The van der Waals surface area contributed by atoms with E-state index in [-0.39, 0.29) is 26.4 Å². The van der Waals surface area contributed by atoms with Crippen LogP contribution in [0.5, 0.6) is 0 Å². The fourth-order valence-electron chi connectivity index (χ4n) is 3.14. The maximum atomic E-state index is 13.0. The van der Waals surface area contributed by atoms with Crippen LogP contribution in [0.3, 0.4) is 0 Å². The highest BCUT2D eigenvalue weighted by atomic mass is 35.5. The highest BCUT2D eigenvalue weighted by Crippen LogP contribution is 2.30. The van der Waals surface area contributed by atoms with Gasteiger partial charge in [-0.2, -0.15) is 4.31 Å². The van der Waals surface area contributed by atoms with Crippen LogP contribution in [-0.4, -0.2) is 40.1 Å². The van der Waals surface area contributed by atoms with Crippen molar-refractivity contribution in [2.45, 2.75) is 36.0 Å². The van der Waals surface area contributed by atoms with Crippen LogP contribution in [0, 0.1) is 0 Å². The van der Waals surface area contributed by atoms with Crippen LogP contribution < -0.4 is 10.0 Å². The Bertz CT molecular complexity index is 1140. The molecule has 0 aromatic heterocycles. The standard InChI is InChI=1S/C19H22ClN3O5S2/c1-14(24)21-15-5-8-17(9-6-15)29(25,26)22-16-7-10-18(20)19(13-16)30(27,28)23-11-3-2-4-12-23/h5-10,13,22H,2-4,11-12H2,1H3,(H,21,24). The predicted molar refractivity (Wildman–Crippen MR) is 116 cm³/mol. The minimum absolute atomic E-state index is 0.0307. The summed E-state index contributed by atoms with van der Waals surface area (Å²) in [4.78, 5) is 10.9. The number of hydrogen-bond donors (Lipinski definition) is 2. The number of sulfonamides is 2. The highest BCUT2D eigenvalue weighted by Gasteiger charge is 2.28. The smallest absolute Gasteiger partial charge is 0.261 e. The number of halogens is 1. The molecule has 1 fully saturated rings. The summed E-state index contributed by atoms with van der Waals surface area (Å²) in [7, 11) is -7.80. The highest BCUT2D eigenvalue weighted by molar-refractivity contribution is 7.92. The van der Waals surface area contributed by atoms with Gasteiger partial charge in [0.25, 0.3) is 10.0 Å². The second kappa shape index (κ2) is 8.93. The molecule has 3 rings (SSSR count). The van der Waals surface area contributed by atoms with Crippen LogP contribution in [0.2, 0.25) is 5.02 Å². The number of piperidine rings is 1. The quantitative estimate of drug-likeness (QED) is 0.671. The first-order valence-corrected chi connectivity index (χ1v) is 12.6. The summed E-state index contributed by atoms with van der Waals surface area (Å²) in [5, 5.41) is 2.59. The van der Waals surface area contributed by atoms with Gasteiger partial charge in [-0.25, -0.2) is 16.8 Å². The van der Waals surface area contributed by atoms with Gasteiger partial charge < -0.3 is 5.32 Å². The molecular formula is C19H22ClN3O5S2. The number of carbonyl (C=O) groups excluding carboxylic acids is 1. The van der Waals surface area contributed by atoms with Crippen molar-refractivity contribution in [2.24, 2.45) is 0 Å². The van der Waals surface area contributed by atoms with Gasteiger partial charge in [0.15, 0.2) is 0 Å². The Morgan fingerprint density at radius 2 is 1.53 bits per heavy atom. The van der Waals surface area contributed by atoms with E-state index < -0.39 is 20.0 Å². The van der Waals surface area contributed by atoms with Crippen molar-refractivity contribution >= 4 is 48.9 Å². The number of amides is 1. The molecular weight excluding hydrogens is 450 g/mol. The number of carbonyl (C=O) groups is 1. The molecule has 30 heavy (non-hydrogen) atoms. The number of nitrogens with zero attached hydrogens (tertiary/aromatic N) is 1. The van der Waals surface area contributed by atoms with Crippen LogP contribution in [0.1, 0.15) is 26.2 Å². The average Bonchev–Trinajstić information content (AvgIpc) is 2.70. The monoisotopic (exact) mass is 471 g/mol. The van der Waals surface area contributed by atoms with E-state index in [0.717, 1.165) is 19.3 Å². The van der Waals surface area contributed by atoms with E-state index in [1.54, 1.807) is 0 Å². The number of hydrogen-bond acceptors (Lipinski definition) is 5. The molecule has 0 radical (unpaired) electrons. The fourth-order valence-corrected chi connectivity index (χ4v) is 6.21. The van der Waals surface area contributed by atoms with Crippen molar-refractivity contribution < 1.29 is 21.6 Å². The normalized spacial score (nSPS) is 15.5. The zero-order valence-electron chi connectivity index (χ0n) is 16.3. The van der Waals surface area contributed by atoms with Crippen LogP contribution in [0.4, 0.5) is 11.4 Å². The first kappa shape index (κ1) is 22.5. The summed E-state index contributed by atoms with van der Waals surface area (Å²) < 4.78 is 55.0. The minimum Gasteiger partial charge on any atom is -0.326 e. The Kier molecular flexibility index (Phi) is 6.71. The van der Waals surface area contributed by atoms with Crippen molar-refractivity contribution in [2.75, 3.05) is 23.1 Å². The van der Waals surface area contributed by atoms with Crippen LogP contribution >= 0.6 is 11.6 Å². The van der Waals surface area contributed by atoms with Crippen LogP contribution in [-0.2, 0) is 24.8 Å². The predicted octanol–water partition coefficient (Wildman–Crippen LogP) is 3.27. The Morgan fingerprint density at radius 1 is 0.933 bits per heavy atom. The third-order valence-electron chi connectivity index (χ3n) is 4.60. The first-order valence-electron chi connectivity index (χ1n) is 9.30. The molecule has 0 bridgehead atoms. The number of benzene rings is 2. The van der Waals surface area contributed by atoms with E-state index in [1.165, 1.54) is 53.7 Å². The molecule has 1 saturated heterocycles. The molecule has 1 aliphatic heterocycles. The second-order valence-corrected chi connectivity index (χ2v) is 10.9. The van der Waals surface area contributed by atoms with Crippen molar-refractivity contribution in [3.05, 3.63) is 47.5 Å². The SMILES string of the molecule is CC(=O)Nc1ccc(S(=O)(=O)Nc2ccc(Cl)c(S(=O)(=O)N3CCCCC3)c2)cc1. The Hall–Kier alpha value is -2.14. The maximum Gasteiger partial charge on any atom is 0.261 e. The topological polar surface area (TPSA) is 113 Å². The third-order valence-corrected chi connectivity index (χ3v) is 8.38. The zero-order chi connectivity index (χ0) is 21.9. The first-order chi connectivity index (χ1) is 14.1. The Labute approximate surface area is 181 Å². The molecule has 11 heteroatoms. The lowest BCUT2D eigenvalue weighted by Gasteiger charge is -2.26. The van der Waals surface area contributed by atoms with Gasteiger partial charge in [-0.05, 0) is 55.3 Å². The van der Waals surface area contributed by atoms with E-state index in [0.29, 0.717) is 18.8 Å². The van der Waals surface area contributed by atoms with E-state index in [4.69, 9.17) is 11.6 Å². The number of anilines is 2. The largest absolute Gasteiger partial charge is 0.326 e. The molecule has 2 aromatic rings. The summed E-state index contributed by atoms with van der Waals surface area (Å²) in [5.74, 6) is -0.271. The minimum atomic E-state index is -3.97. The van der Waals surface area contributed by atoms with Crippen molar-refractivity contribution in [3.63, 3.8) is 0 Å². The molecule has 0 spiro atoms. The van der Waals surface area contributed by atoms with E-state index in [9.17, 15) is 21.6 Å². The van der Waals surface area contributed by atoms with Crippen LogP contribution in [0.25, 0.3) is 0 Å². The molecule has 162 valence electrons. The summed E-state index contributed by atoms with van der Waals surface area (Å²) >= 11 is 6.13. The van der Waals surface area contributed by atoms with Gasteiger partial charge >= 0.3 is 0 Å². The lowest BCUT2D eigenvalue weighted by Crippen LogP contribution is -2.35. The van der Waals surface area contributed by atoms with Crippen molar-refractivity contribution in [1.82, 2.24) is 4.31 Å². The molecule has 2 N–H and O–H groups in total. The Morgan fingerprint density at radius 3 is 2.13 bits per heavy atom.